The SMILES string of the molecule is CCOc1ccc(C(N)c2cccc(I)c2)cc1OCC. The molecule has 1 unspecified atom stereocenters. The van der Waals surface area contributed by atoms with Crippen LogP contribution in [-0.2, 0) is 0 Å². The van der Waals surface area contributed by atoms with Crippen LogP contribution in [0.3, 0.4) is 0 Å². The molecule has 0 spiro atoms. The summed E-state index contributed by atoms with van der Waals surface area (Å²) in [6.45, 7) is 5.13. The second-order valence-electron chi connectivity index (χ2n) is 4.60. The Labute approximate surface area is 139 Å². The normalized spacial score (nSPS) is 12.0. The van der Waals surface area contributed by atoms with Gasteiger partial charge >= 0.3 is 0 Å². The van der Waals surface area contributed by atoms with Gasteiger partial charge in [-0.25, -0.2) is 0 Å². The largest absolute Gasteiger partial charge is 0.490 e. The minimum Gasteiger partial charge on any atom is -0.490 e. The number of benzene rings is 2. The average molecular weight is 397 g/mol. The van der Waals surface area contributed by atoms with Gasteiger partial charge in [-0.15, -0.1) is 0 Å². The molecule has 21 heavy (non-hydrogen) atoms. The maximum Gasteiger partial charge on any atom is 0.161 e. The van der Waals surface area contributed by atoms with Gasteiger partial charge in [0.25, 0.3) is 0 Å². The lowest BCUT2D eigenvalue weighted by atomic mass is 9.99. The number of nitrogens with two attached hydrogens (primary N) is 1. The molecule has 0 aliphatic carbocycles. The van der Waals surface area contributed by atoms with Crippen molar-refractivity contribution in [2.75, 3.05) is 13.2 Å². The van der Waals surface area contributed by atoms with Crippen molar-refractivity contribution in [1.82, 2.24) is 0 Å². The van der Waals surface area contributed by atoms with Crippen molar-refractivity contribution < 1.29 is 9.47 Å². The average Bonchev–Trinajstić information content (AvgIpc) is 2.49. The standard InChI is InChI=1S/C17H20INO2/c1-3-20-15-9-8-13(11-16(15)21-4-2)17(19)12-6-5-7-14(18)10-12/h5-11,17H,3-4,19H2,1-2H3. The Balaban J connectivity index is 2.32. The molecule has 2 aromatic rings. The quantitative estimate of drug-likeness (QED) is 0.746. The third-order valence-electron chi connectivity index (χ3n) is 3.13. The van der Waals surface area contributed by atoms with Crippen LogP contribution in [0.2, 0.25) is 0 Å². The molecular formula is C17H20INO2. The van der Waals surface area contributed by atoms with E-state index >= 15 is 0 Å². The zero-order chi connectivity index (χ0) is 15.2. The zero-order valence-electron chi connectivity index (χ0n) is 12.3. The van der Waals surface area contributed by atoms with E-state index in [4.69, 9.17) is 15.2 Å². The molecule has 4 heteroatoms. The van der Waals surface area contributed by atoms with Gasteiger partial charge < -0.3 is 15.2 Å². The van der Waals surface area contributed by atoms with Crippen LogP contribution >= 0.6 is 22.6 Å². The summed E-state index contributed by atoms with van der Waals surface area (Å²) >= 11 is 2.29. The first kappa shape index (κ1) is 16.1. The maximum absolute atomic E-state index is 6.37. The van der Waals surface area contributed by atoms with Gasteiger partial charge in [0.1, 0.15) is 0 Å². The molecule has 0 amide bonds. The maximum atomic E-state index is 6.37. The molecule has 3 nitrogen and oxygen atoms in total. The van der Waals surface area contributed by atoms with Crippen molar-refractivity contribution in [1.29, 1.82) is 0 Å². The van der Waals surface area contributed by atoms with E-state index in [-0.39, 0.29) is 6.04 Å². The highest BCUT2D eigenvalue weighted by Crippen LogP contribution is 2.32. The van der Waals surface area contributed by atoms with Crippen molar-refractivity contribution in [2.24, 2.45) is 5.73 Å². The number of ether oxygens (including phenoxy) is 2. The molecule has 112 valence electrons. The number of hydrogen-bond acceptors (Lipinski definition) is 3. The van der Waals surface area contributed by atoms with Crippen molar-refractivity contribution >= 4 is 22.6 Å². The molecule has 0 fully saturated rings. The summed E-state index contributed by atoms with van der Waals surface area (Å²) in [6, 6.07) is 13.9. The Hall–Kier alpha value is -1.27. The molecule has 0 aliphatic rings. The third kappa shape index (κ3) is 4.11. The highest BCUT2D eigenvalue weighted by molar-refractivity contribution is 14.1. The summed E-state index contributed by atoms with van der Waals surface area (Å²) in [7, 11) is 0. The summed E-state index contributed by atoms with van der Waals surface area (Å²) in [5.74, 6) is 1.51. The summed E-state index contributed by atoms with van der Waals surface area (Å²) in [5.41, 5.74) is 8.48. The summed E-state index contributed by atoms with van der Waals surface area (Å²) in [5, 5.41) is 0. The van der Waals surface area contributed by atoms with Crippen LogP contribution in [0.1, 0.15) is 31.0 Å². The topological polar surface area (TPSA) is 44.5 Å². The second-order valence-corrected chi connectivity index (χ2v) is 5.85. The molecule has 0 aromatic heterocycles. The minimum atomic E-state index is -0.172. The molecule has 2 rings (SSSR count). The molecule has 0 radical (unpaired) electrons. The van der Waals surface area contributed by atoms with Crippen molar-refractivity contribution in [2.45, 2.75) is 19.9 Å². The molecule has 0 heterocycles. The Bertz CT molecular complexity index is 601. The first-order valence-electron chi connectivity index (χ1n) is 7.06. The van der Waals surface area contributed by atoms with Gasteiger partial charge in [-0.1, -0.05) is 18.2 Å². The minimum absolute atomic E-state index is 0.172. The van der Waals surface area contributed by atoms with Crippen LogP contribution in [0, 0.1) is 3.57 Å². The number of hydrogen-bond donors (Lipinski definition) is 1. The fourth-order valence-electron chi connectivity index (χ4n) is 2.15. The van der Waals surface area contributed by atoms with Gasteiger partial charge in [-0.05, 0) is 71.8 Å². The van der Waals surface area contributed by atoms with Gasteiger partial charge in [-0.3, -0.25) is 0 Å². The Kier molecular flexibility index (Phi) is 5.87. The van der Waals surface area contributed by atoms with Crippen molar-refractivity contribution in [3.8, 4) is 11.5 Å². The zero-order valence-corrected chi connectivity index (χ0v) is 14.5. The van der Waals surface area contributed by atoms with Crippen LogP contribution in [0.4, 0.5) is 0 Å². The molecule has 2 aromatic carbocycles. The van der Waals surface area contributed by atoms with Crippen LogP contribution in [0.15, 0.2) is 42.5 Å². The van der Waals surface area contributed by atoms with Crippen molar-refractivity contribution in [3.05, 3.63) is 57.2 Å². The lowest BCUT2D eigenvalue weighted by molar-refractivity contribution is 0.287. The fourth-order valence-corrected chi connectivity index (χ4v) is 2.72. The fraction of sp³-hybridized carbons (Fsp3) is 0.294. The highest BCUT2D eigenvalue weighted by atomic mass is 127. The monoisotopic (exact) mass is 397 g/mol. The van der Waals surface area contributed by atoms with E-state index in [2.05, 4.69) is 34.7 Å². The molecule has 0 aliphatic heterocycles. The van der Waals surface area contributed by atoms with E-state index in [0.29, 0.717) is 13.2 Å². The summed E-state index contributed by atoms with van der Waals surface area (Å²) in [4.78, 5) is 0. The number of halogens is 1. The van der Waals surface area contributed by atoms with Crippen molar-refractivity contribution in [3.63, 3.8) is 0 Å². The van der Waals surface area contributed by atoms with Gasteiger partial charge in [0.15, 0.2) is 11.5 Å². The first-order chi connectivity index (χ1) is 10.2. The predicted molar refractivity (Wildman–Crippen MR) is 94.0 cm³/mol. The van der Waals surface area contributed by atoms with E-state index in [1.807, 2.05) is 44.2 Å². The third-order valence-corrected chi connectivity index (χ3v) is 3.81. The Morgan fingerprint density at radius 1 is 0.952 bits per heavy atom. The lowest BCUT2D eigenvalue weighted by Crippen LogP contribution is -2.12. The molecule has 2 N–H and O–H groups in total. The lowest BCUT2D eigenvalue weighted by Gasteiger charge is -2.17. The molecule has 0 saturated heterocycles. The second kappa shape index (κ2) is 7.66. The van der Waals surface area contributed by atoms with E-state index in [1.54, 1.807) is 0 Å². The first-order valence-corrected chi connectivity index (χ1v) is 8.14. The van der Waals surface area contributed by atoms with E-state index in [1.165, 1.54) is 3.57 Å². The van der Waals surface area contributed by atoms with Gasteiger partial charge in [0, 0.05) is 3.57 Å². The van der Waals surface area contributed by atoms with Crippen LogP contribution in [-0.4, -0.2) is 13.2 Å². The van der Waals surface area contributed by atoms with Crippen LogP contribution in [0.25, 0.3) is 0 Å². The Morgan fingerprint density at radius 3 is 2.29 bits per heavy atom. The predicted octanol–water partition coefficient (Wildman–Crippen LogP) is 4.14. The van der Waals surface area contributed by atoms with Gasteiger partial charge in [0.05, 0.1) is 19.3 Å². The molecule has 1 atom stereocenters. The Morgan fingerprint density at radius 2 is 1.62 bits per heavy atom. The number of rotatable bonds is 6. The van der Waals surface area contributed by atoms with E-state index < -0.39 is 0 Å². The van der Waals surface area contributed by atoms with Gasteiger partial charge in [-0.2, -0.15) is 0 Å². The summed E-state index contributed by atoms with van der Waals surface area (Å²) < 4.78 is 12.4. The summed E-state index contributed by atoms with van der Waals surface area (Å²) in [6.07, 6.45) is 0. The van der Waals surface area contributed by atoms with Gasteiger partial charge in [0.2, 0.25) is 0 Å². The van der Waals surface area contributed by atoms with E-state index in [0.717, 1.165) is 22.6 Å². The highest BCUT2D eigenvalue weighted by Gasteiger charge is 2.13. The van der Waals surface area contributed by atoms with Crippen LogP contribution in [0.5, 0.6) is 11.5 Å². The smallest absolute Gasteiger partial charge is 0.161 e. The molecule has 0 saturated carbocycles. The molecule has 0 bridgehead atoms. The van der Waals surface area contributed by atoms with E-state index in [9.17, 15) is 0 Å². The van der Waals surface area contributed by atoms with Crippen LogP contribution < -0.4 is 15.2 Å². The molecular weight excluding hydrogens is 377 g/mol.